The van der Waals surface area contributed by atoms with Crippen LogP contribution in [0.5, 0.6) is 11.5 Å². The van der Waals surface area contributed by atoms with Crippen molar-refractivity contribution in [1.29, 1.82) is 0 Å². The monoisotopic (exact) mass is 346 g/mol. The summed E-state index contributed by atoms with van der Waals surface area (Å²) in [6.45, 7) is 8.23. The molecule has 5 nitrogen and oxygen atoms in total. The molecule has 3 rings (SSSR count). The number of phenols is 1. The van der Waals surface area contributed by atoms with Crippen LogP contribution < -0.4 is 4.74 Å². The molecular weight excluding hydrogens is 320 g/mol. The highest BCUT2D eigenvalue weighted by Crippen LogP contribution is 2.46. The quantitative estimate of drug-likeness (QED) is 0.729. The summed E-state index contributed by atoms with van der Waals surface area (Å²) in [6, 6.07) is 4.23. The minimum absolute atomic E-state index is 0.0332. The fraction of sp³-hybridized carbons (Fsp3) is 0.550. The molecule has 1 aromatic rings. The van der Waals surface area contributed by atoms with Gasteiger partial charge in [-0.1, -0.05) is 26.0 Å². The first-order valence-electron chi connectivity index (χ1n) is 8.80. The summed E-state index contributed by atoms with van der Waals surface area (Å²) in [6.07, 6.45) is 2.62. The minimum Gasteiger partial charge on any atom is -0.508 e. The van der Waals surface area contributed by atoms with Crippen LogP contribution in [0.2, 0.25) is 0 Å². The number of aliphatic hydroxyl groups is 2. The van der Waals surface area contributed by atoms with E-state index in [2.05, 4.69) is 6.58 Å². The molecule has 1 heterocycles. The summed E-state index contributed by atoms with van der Waals surface area (Å²) in [7, 11) is 0. The summed E-state index contributed by atoms with van der Waals surface area (Å²) >= 11 is 0. The number of hydrogen-bond donors (Lipinski definition) is 3. The molecule has 0 saturated heterocycles. The lowest BCUT2D eigenvalue weighted by Gasteiger charge is -2.44. The SMILES string of the molecule is C=C1CCC(O)C(C)(C)C1CCCC1(O)Oc2ccc(O)cc2C1=O. The zero-order valence-electron chi connectivity index (χ0n) is 14.8. The lowest BCUT2D eigenvalue weighted by atomic mass is 9.63. The Hall–Kier alpha value is -1.85. The number of hydrogen-bond acceptors (Lipinski definition) is 5. The second-order valence-electron chi connectivity index (χ2n) is 7.87. The third kappa shape index (κ3) is 3.07. The van der Waals surface area contributed by atoms with Gasteiger partial charge in [0.15, 0.2) is 0 Å². The van der Waals surface area contributed by atoms with E-state index in [9.17, 15) is 20.1 Å². The first-order valence-corrected chi connectivity index (χ1v) is 8.80. The number of benzene rings is 1. The molecule has 0 spiro atoms. The number of fused-ring (bicyclic) bond motifs is 1. The van der Waals surface area contributed by atoms with Crippen LogP contribution in [0.15, 0.2) is 30.4 Å². The van der Waals surface area contributed by atoms with E-state index in [0.717, 1.165) is 24.8 Å². The molecule has 1 aliphatic carbocycles. The molecule has 1 fully saturated rings. The molecule has 0 radical (unpaired) electrons. The molecule has 25 heavy (non-hydrogen) atoms. The van der Waals surface area contributed by atoms with E-state index in [4.69, 9.17) is 4.74 Å². The Balaban J connectivity index is 1.66. The lowest BCUT2D eigenvalue weighted by molar-refractivity contribution is -0.0977. The van der Waals surface area contributed by atoms with Crippen LogP contribution in [0.1, 0.15) is 56.3 Å². The number of phenolic OH excluding ortho intramolecular Hbond substituents is 1. The van der Waals surface area contributed by atoms with Crippen molar-refractivity contribution in [3.8, 4) is 11.5 Å². The zero-order valence-corrected chi connectivity index (χ0v) is 14.8. The summed E-state index contributed by atoms with van der Waals surface area (Å²) < 4.78 is 5.47. The number of Topliss-reactive ketones (excluding diaryl/α,β-unsaturated/α-hetero) is 1. The number of carbonyl (C=O) groups excluding carboxylic acids is 1. The molecule has 2 aliphatic rings. The molecule has 0 amide bonds. The van der Waals surface area contributed by atoms with Gasteiger partial charge in [0.2, 0.25) is 5.78 Å². The number of ether oxygens (including phenoxy) is 1. The van der Waals surface area contributed by atoms with Crippen LogP contribution in [0, 0.1) is 11.3 Å². The topological polar surface area (TPSA) is 87.0 Å². The molecule has 1 aromatic carbocycles. The van der Waals surface area contributed by atoms with Crippen LogP contribution in [0.25, 0.3) is 0 Å². The third-order valence-electron chi connectivity index (χ3n) is 5.84. The van der Waals surface area contributed by atoms with Gasteiger partial charge in [0, 0.05) is 6.42 Å². The first-order chi connectivity index (χ1) is 11.6. The number of allylic oxidation sites excluding steroid dienone is 1. The number of ketones is 1. The Morgan fingerprint density at radius 3 is 2.80 bits per heavy atom. The van der Waals surface area contributed by atoms with Crippen LogP contribution >= 0.6 is 0 Å². The van der Waals surface area contributed by atoms with Crippen molar-refractivity contribution < 1.29 is 24.9 Å². The van der Waals surface area contributed by atoms with Crippen molar-refractivity contribution in [1.82, 2.24) is 0 Å². The van der Waals surface area contributed by atoms with Gasteiger partial charge in [0.05, 0.1) is 11.7 Å². The van der Waals surface area contributed by atoms with Gasteiger partial charge < -0.3 is 20.1 Å². The Kier molecular flexibility index (Phi) is 4.41. The minimum atomic E-state index is -1.88. The van der Waals surface area contributed by atoms with Gasteiger partial charge in [-0.15, -0.1) is 0 Å². The number of carbonyl (C=O) groups is 1. The van der Waals surface area contributed by atoms with Gasteiger partial charge >= 0.3 is 0 Å². The predicted octanol–water partition coefficient (Wildman–Crippen LogP) is 3.18. The number of aromatic hydroxyl groups is 1. The molecule has 5 heteroatoms. The fourth-order valence-corrected chi connectivity index (χ4v) is 4.14. The van der Waals surface area contributed by atoms with Gasteiger partial charge in [-0.3, -0.25) is 4.79 Å². The molecular formula is C20H26O5. The van der Waals surface area contributed by atoms with Crippen LogP contribution in [0.4, 0.5) is 0 Å². The van der Waals surface area contributed by atoms with E-state index in [-0.39, 0.29) is 35.2 Å². The highest BCUT2D eigenvalue weighted by atomic mass is 16.6. The Morgan fingerprint density at radius 1 is 1.36 bits per heavy atom. The molecule has 136 valence electrons. The second-order valence-corrected chi connectivity index (χ2v) is 7.87. The molecule has 0 aromatic heterocycles. The van der Waals surface area contributed by atoms with Crippen molar-refractivity contribution in [3.05, 3.63) is 35.9 Å². The van der Waals surface area contributed by atoms with E-state index < -0.39 is 11.6 Å². The molecule has 3 N–H and O–H groups in total. The maximum Gasteiger partial charge on any atom is 0.272 e. The molecule has 3 atom stereocenters. The summed E-state index contributed by atoms with van der Waals surface area (Å²) in [5, 5.41) is 30.4. The normalized spacial score (nSPS) is 30.9. The van der Waals surface area contributed by atoms with E-state index in [1.54, 1.807) is 0 Å². The van der Waals surface area contributed by atoms with Gasteiger partial charge in [-0.2, -0.15) is 0 Å². The molecule has 3 unspecified atom stereocenters. The zero-order chi connectivity index (χ0) is 18.4. The van der Waals surface area contributed by atoms with Crippen molar-refractivity contribution >= 4 is 5.78 Å². The van der Waals surface area contributed by atoms with Crippen molar-refractivity contribution in [2.75, 3.05) is 0 Å². The maximum absolute atomic E-state index is 12.5. The second kappa shape index (κ2) is 6.15. The van der Waals surface area contributed by atoms with E-state index in [1.165, 1.54) is 18.2 Å². The largest absolute Gasteiger partial charge is 0.508 e. The van der Waals surface area contributed by atoms with Crippen LogP contribution in [0.3, 0.4) is 0 Å². The summed E-state index contributed by atoms with van der Waals surface area (Å²) in [5.41, 5.74) is 1.06. The molecule has 1 saturated carbocycles. The summed E-state index contributed by atoms with van der Waals surface area (Å²) in [5.74, 6) is -1.99. The van der Waals surface area contributed by atoms with Crippen molar-refractivity contribution in [3.63, 3.8) is 0 Å². The smallest absolute Gasteiger partial charge is 0.272 e. The average molecular weight is 346 g/mol. The van der Waals surface area contributed by atoms with Crippen LogP contribution in [-0.2, 0) is 0 Å². The fourth-order valence-electron chi connectivity index (χ4n) is 4.14. The Morgan fingerprint density at radius 2 is 2.08 bits per heavy atom. The Bertz CT molecular complexity index is 708. The van der Waals surface area contributed by atoms with Crippen molar-refractivity contribution in [2.45, 2.75) is 57.8 Å². The standard InChI is InChI=1S/C20H26O5/c1-12-6-9-17(22)19(2,3)15(12)5-4-10-20(24)18(23)14-11-13(21)7-8-16(14)25-20/h7-8,11,15,17,21-22,24H,1,4-6,9-10H2,2-3H3. The highest BCUT2D eigenvalue weighted by Gasteiger charge is 2.47. The van der Waals surface area contributed by atoms with E-state index in [1.807, 2.05) is 13.8 Å². The Labute approximate surface area is 147 Å². The average Bonchev–Trinajstić information content (AvgIpc) is 2.79. The van der Waals surface area contributed by atoms with Gasteiger partial charge in [0.25, 0.3) is 5.79 Å². The molecule has 0 bridgehead atoms. The third-order valence-corrected chi connectivity index (χ3v) is 5.84. The predicted molar refractivity (Wildman–Crippen MR) is 93.5 cm³/mol. The van der Waals surface area contributed by atoms with Gasteiger partial charge in [-0.25, -0.2) is 0 Å². The number of rotatable bonds is 4. The van der Waals surface area contributed by atoms with Gasteiger partial charge in [0.1, 0.15) is 11.5 Å². The molecule has 1 aliphatic heterocycles. The van der Waals surface area contributed by atoms with Crippen LogP contribution in [-0.4, -0.2) is 33.0 Å². The number of aliphatic hydroxyl groups excluding tert-OH is 1. The summed E-state index contributed by atoms with van der Waals surface area (Å²) in [4.78, 5) is 12.5. The first kappa shape index (κ1) is 18.0. The lowest BCUT2D eigenvalue weighted by Crippen LogP contribution is -2.42. The highest BCUT2D eigenvalue weighted by molar-refractivity contribution is 6.06. The van der Waals surface area contributed by atoms with E-state index in [0.29, 0.717) is 12.2 Å². The van der Waals surface area contributed by atoms with E-state index >= 15 is 0 Å². The van der Waals surface area contributed by atoms with Gasteiger partial charge in [-0.05, 0) is 55.2 Å². The van der Waals surface area contributed by atoms with Crippen molar-refractivity contribution in [2.24, 2.45) is 11.3 Å². The maximum atomic E-state index is 12.5.